The Bertz CT molecular complexity index is 590. The second-order valence-corrected chi connectivity index (χ2v) is 5.31. The molecule has 1 fully saturated rings. The lowest BCUT2D eigenvalue weighted by Gasteiger charge is -2.20. The fourth-order valence-corrected chi connectivity index (χ4v) is 2.55. The number of imidazole rings is 1. The van der Waals surface area contributed by atoms with Crippen LogP contribution in [0.3, 0.4) is 0 Å². The van der Waals surface area contributed by atoms with Crippen molar-refractivity contribution in [2.75, 3.05) is 36.8 Å². The van der Waals surface area contributed by atoms with Crippen molar-refractivity contribution in [3.63, 3.8) is 0 Å². The highest BCUT2D eigenvalue weighted by Crippen LogP contribution is 2.26. The van der Waals surface area contributed by atoms with E-state index in [0.717, 1.165) is 43.6 Å². The fraction of sp³-hybridized carbons (Fsp3) is 0.643. The first-order chi connectivity index (χ1) is 10.3. The van der Waals surface area contributed by atoms with Gasteiger partial charge in [-0.1, -0.05) is 6.92 Å². The predicted molar refractivity (Wildman–Crippen MR) is 84.6 cm³/mol. The summed E-state index contributed by atoms with van der Waals surface area (Å²) < 4.78 is 0. The van der Waals surface area contributed by atoms with Gasteiger partial charge in [-0.2, -0.15) is 9.97 Å². The molecule has 0 radical (unpaired) electrons. The Morgan fingerprint density at radius 1 is 1.29 bits per heavy atom. The van der Waals surface area contributed by atoms with Crippen LogP contribution in [0.4, 0.5) is 11.8 Å². The third-order valence-electron chi connectivity index (χ3n) is 3.78. The van der Waals surface area contributed by atoms with E-state index in [2.05, 4.69) is 42.4 Å². The zero-order valence-corrected chi connectivity index (χ0v) is 12.7. The van der Waals surface area contributed by atoms with Crippen molar-refractivity contribution >= 4 is 22.9 Å². The molecule has 0 spiro atoms. The van der Waals surface area contributed by atoms with Gasteiger partial charge in [-0.3, -0.25) is 4.90 Å². The van der Waals surface area contributed by atoms with E-state index in [9.17, 15) is 0 Å². The number of fused-ring (bicyclic) bond motifs is 1. The molecule has 1 saturated carbocycles. The summed E-state index contributed by atoms with van der Waals surface area (Å²) in [5, 5.41) is 6.56. The third-order valence-corrected chi connectivity index (χ3v) is 3.78. The first-order valence-corrected chi connectivity index (χ1v) is 7.74. The zero-order valence-electron chi connectivity index (χ0n) is 12.7. The highest BCUT2D eigenvalue weighted by molar-refractivity contribution is 5.83. The van der Waals surface area contributed by atoms with Gasteiger partial charge in [-0.15, -0.1) is 0 Å². The normalized spacial score (nSPS) is 14.8. The maximum atomic E-state index is 4.52. The first-order valence-electron chi connectivity index (χ1n) is 7.74. The van der Waals surface area contributed by atoms with Gasteiger partial charge in [0.1, 0.15) is 5.52 Å². The Morgan fingerprint density at radius 3 is 2.86 bits per heavy atom. The molecule has 114 valence electrons. The van der Waals surface area contributed by atoms with Crippen molar-refractivity contribution in [3.05, 3.63) is 6.33 Å². The molecule has 0 amide bonds. The van der Waals surface area contributed by atoms with Gasteiger partial charge >= 0.3 is 0 Å². The average Bonchev–Trinajstić information content (AvgIpc) is 3.21. The fourth-order valence-electron chi connectivity index (χ4n) is 2.55. The summed E-state index contributed by atoms with van der Waals surface area (Å²) in [6.45, 7) is 8.07. The molecule has 3 N–H and O–H groups in total. The molecular weight excluding hydrogens is 266 g/mol. The highest BCUT2D eigenvalue weighted by Gasteiger charge is 2.27. The van der Waals surface area contributed by atoms with Crippen LogP contribution in [-0.4, -0.2) is 57.1 Å². The maximum Gasteiger partial charge on any atom is 0.226 e. The molecule has 21 heavy (non-hydrogen) atoms. The lowest BCUT2D eigenvalue weighted by molar-refractivity contribution is 0.289. The first kappa shape index (κ1) is 14.1. The quantitative estimate of drug-likeness (QED) is 0.686. The monoisotopic (exact) mass is 289 g/mol. The molecule has 7 heteroatoms. The molecule has 3 rings (SSSR count). The second kappa shape index (κ2) is 6.26. The SMILES string of the molecule is CCNc1nc(NCCN(CC)C2CC2)c2[nH]cnc2n1. The summed E-state index contributed by atoms with van der Waals surface area (Å²) in [7, 11) is 0. The molecule has 7 nitrogen and oxygen atoms in total. The van der Waals surface area contributed by atoms with Gasteiger partial charge in [0.15, 0.2) is 11.5 Å². The Morgan fingerprint density at radius 2 is 2.14 bits per heavy atom. The molecule has 0 unspecified atom stereocenters. The van der Waals surface area contributed by atoms with E-state index >= 15 is 0 Å². The molecule has 0 atom stereocenters. The van der Waals surface area contributed by atoms with Crippen LogP contribution in [0.5, 0.6) is 0 Å². The van der Waals surface area contributed by atoms with E-state index in [-0.39, 0.29) is 0 Å². The Kier molecular flexibility index (Phi) is 4.19. The Labute approximate surface area is 124 Å². The van der Waals surface area contributed by atoms with E-state index in [1.807, 2.05) is 6.92 Å². The predicted octanol–water partition coefficient (Wildman–Crippen LogP) is 1.68. The average molecular weight is 289 g/mol. The molecule has 0 aromatic carbocycles. The van der Waals surface area contributed by atoms with E-state index in [0.29, 0.717) is 11.6 Å². The number of H-pyrrole nitrogens is 1. The van der Waals surface area contributed by atoms with Gasteiger partial charge in [-0.05, 0) is 26.3 Å². The van der Waals surface area contributed by atoms with Crippen LogP contribution in [0.2, 0.25) is 0 Å². The maximum absolute atomic E-state index is 4.52. The van der Waals surface area contributed by atoms with E-state index in [1.165, 1.54) is 12.8 Å². The van der Waals surface area contributed by atoms with Crippen LogP contribution >= 0.6 is 0 Å². The summed E-state index contributed by atoms with van der Waals surface area (Å²) in [6, 6.07) is 0.798. The lowest BCUT2D eigenvalue weighted by Crippen LogP contribution is -2.31. The minimum Gasteiger partial charge on any atom is -0.367 e. The molecule has 2 heterocycles. The smallest absolute Gasteiger partial charge is 0.226 e. The van der Waals surface area contributed by atoms with Crippen LogP contribution in [0, 0.1) is 0 Å². The number of rotatable bonds is 8. The summed E-state index contributed by atoms with van der Waals surface area (Å²) in [6.07, 6.45) is 4.34. The highest BCUT2D eigenvalue weighted by atomic mass is 15.2. The molecular formula is C14H23N7. The molecule has 0 aliphatic heterocycles. The number of nitrogens with zero attached hydrogens (tertiary/aromatic N) is 4. The molecule has 1 aliphatic rings. The van der Waals surface area contributed by atoms with Gasteiger partial charge in [-0.25, -0.2) is 4.98 Å². The number of nitrogens with one attached hydrogen (secondary N) is 3. The summed E-state index contributed by atoms with van der Waals surface area (Å²) >= 11 is 0. The minimum absolute atomic E-state index is 0.620. The van der Waals surface area contributed by atoms with Gasteiger partial charge in [0, 0.05) is 25.7 Å². The summed E-state index contributed by atoms with van der Waals surface area (Å²) in [5.74, 6) is 1.44. The summed E-state index contributed by atoms with van der Waals surface area (Å²) in [5.41, 5.74) is 1.56. The topological polar surface area (TPSA) is 81.8 Å². The zero-order chi connectivity index (χ0) is 14.7. The Balaban J connectivity index is 1.68. The molecule has 2 aromatic rings. The number of aromatic amines is 1. The number of hydrogen-bond donors (Lipinski definition) is 3. The van der Waals surface area contributed by atoms with Crippen molar-refractivity contribution < 1.29 is 0 Å². The van der Waals surface area contributed by atoms with Crippen molar-refractivity contribution in [2.45, 2.75) is 32.7 Å². The van der Waals surface area contributed by atoms with Crippen molar-refractivity contribution in [2.24, 2.45) is 0 Å². The van der Waals surface area contributed by atoms with Crippen molar-refractivity contribution in [3.8, 4) is 0 Å². The molecule has 1 aliphatic carbocycles. The number of hydrogen-bond acceptors (Lipinski definition) is 6. The van der Waals surface area contributed by atoms with Crippen LogP contribution in [0.15, 0.2) is 6.33 Å². The van der Waals surface area contributed by atoms with Crippen LogP contribution in [-0.2, 0) is 0 Å². The van der Waals surface area contributed by atoms with Crippen LogP contribution in [0.25, 0.3) is 11.2 Å². The van der Waals surface area contributed by atoms with Crippen molar-refractivity contribution in [1.29, 1.82) is 0 Å². The number of likely N-dealkylation sites (N-methyl/N-ethyl adjacent to an activating group) is 1. The van der Waals surface area contributed by atoms with Crippen LogP contribution < -0.4 is 10.6 Å². The summed E-state index contributed by atoms with van der Waals surface area (Å²) in [4.78, 5) is 18.7. The van der Waals surface area contributed by atoms with Gasteiger partial charge in [0.05, 0.1) is 6.33 Å². The second-order valence-electron chi connectivity index (χ2n) is 5.31. The number of anilines is 2. The van der Waals surface area contributed by atoms with E-state index in [1.54, 1.807) is 6.33 Å². The van der Waals surface area contributed by atoms with Gasteiger partial charge in [0.2, 0.25) is 5.95 Å². The minimum atomic E-state index is 0.620. The van der Waals surface area contributed by atoms with E-state index in [4.69, 9.17) is 0 Å². The lowest BCUT2D eigenvalue weighted by atomic mass is 10.4. The van der Waals surface area contributed by atoms with Gasteiger partial charge in [0.25, 0.3) is 0 Å². The van der Waals surface area contributed by atoms with Gasteiger partial charge < -0.3 is 15.6 Å². The third kappa shape index (κ3) is 3.24. The van der Waals surface area contributed by atoms with E-state index < -0.39 is 0 Å². The molecule has 0 saturated heterocycles. The standard InChI is InChI=1S/C14H23N7/c1-3-15-14-19-12(11-13(20-14)18-9-17-11)16-7-8-21(4-2)10-5-6-10/h9-10H,3-8H2,1-2H3,(H3,15,16,17,18,19,20). The van der Waals surface area contributed by atoms with Crippen LogP contribution in [0.1, 0.15) is 26.7 Å². The largest absolute Gasteiger partial charge is 0.367 e. The Hall–Kier alpha value is -1.89. The number of aromatic nitrogens is 4. The molecule has 2 aromatic heterocycles. The van der Waals surface area contributed by atoms with Crippen molar-refractivity contribution in [1.82, 2.24) is 24.8 Å². The molecule has 0 bridgehead atoms.